The standard InChI is InChI=1S/C13H18O4S2/c1-3-8-19(16,17)12-6-4-11(5-7-12)18-10(2)9-13(14)15/h4-7,10H,3,8-9H2,1-2H3,(H,14,15). The van der Waals surface area contributed by atoms with Crippen molar-refractivity contribution in [3.05, 3.63) is 24.3 Å². The summed E-state index contributed by atoms with van der Waals surface area (Å²) >= 11 is 1.43. The molecule has 0 heterocycles. The van der Waals surface area contributed by atoms with Gasteiger partial charge < -0.3 is 5.11 Å². The quantitative estimate of drug-likeness (QED) is 0.784. The lowest BCUT2D eigenvalue weighted by molar-refractivity contribution is -0.136. The van der Waals surface area contributed by atoms with E-state index < -0.39 is 15.8 Å². The van der Waals surface area contributed by atoms with Crippen LogP contribution >= 0.6 is 11.8 Å². The Labute approximate surface area is 118 Å². The first-order valence-corrected chi connectivity index (χ1v) is 8.59. The van der Waals surface area contributed by atoms with Gasteiger partial charge in [0.25, 0.3) is 0 Å². The van der Waals surface area contributed by atoms with Gasteiger partial charge in [0, 0.05) is 10.1 Å². The molecule has 0 saturated heterocycles. The minimum absolute atomic E-state index is 0.0457. The van der Waals surface area contributed by atoms with E-state index in [1.807, 2.05) is 13.8 Å². The van der Waals surface area contributed by atoms with Gasteiger partial charge in [0.15, 0.2) is 9.84 Å². The average Bonchev–Trinajstić information content (AvgIpc) is 2.28. The molecular formula is C13H18O4S2. The first kappa shape index (κ1) is 16.0. The number of hydrogen-bond acceptors (Lipinski definition) is 4. The van der Waals surface area contributed by atoms with E-state index in [2.05, 4.69) is 0 Å². The molecule has 0 aliphatic rings. The van der Waals surface area contributed by atoms with E-state index >= 15 is 0 Å². The molecule has 1 aromatic rings. The Morgan fingerprint density at radius 3 is 2.37 bits per heavy atom. The van der Waals surface area contributed by atoms with Gasteiger partial charge in [-0.05, 0) is 30.7 Å². The number of thioether (sulfide) groups is 1. The third-order valence-electron chi connectivity index (χ3n) is 2.46. The Kier molecular flexibility index (Phi) is 5.87. The van der Waals surface area contributed by atoms with Gasteiger partial charge in [-0.3, -0.25) is 4.79 Å². The Balaban J connectivity index is 2.74. The summed E-state index contributed by atoms with van der Waals surface area (Å²) in [6.45, 7) is 3.66. The first-order chi connectivity index (χ1) is 8.85. The van der Waals surface area contributed by atoms with Crippen LogP contribution in [0.5, 0.6) is 0 Å². The van der Waals surface area contributed by atoms with Crippen molar-refractivity contribution >= 4 is 27.6 Å². The van der Waals surface area contributed by atoms with Crippen molar-refractivity contribution in [1.82, 2.24) is 0 Å². The third-order valence-corrected chi connectivity index (χ3v) is 5.50. The Bertz CT molecular complexity index is 520. The number of aliphatic carboxylic acids is 1. The lowest BCUT2D eigenvalue weighted by atomic mass is 10.3. The van der Waals surface area contributed by atoms with E-state index in [1.165, 1.54) is 11.8 Å². The summed E-state index contributed by atoms with van der Waals surface area (Å²) < 4.78 is 23.7. The second kappa shape index (κ2) is 6.96. The minimum atomic E-state index is -3.18. The van der Waals surface area contributed by atoms with E-state index in [0.717, 1.165) is 4.90 Å². The molecule has 106 valence electrons. The molecule has 1 rings (SSSR count). The number of rotatable bonds is 7. The SMILES string of the molecule is CCCS(=O)(=O)c1ccc(SC(C)CC(=O)O)cc1. The Morgan fingerprint density at radius 1 is 1.32 bits per heavy atom. The van der Waals surface area contributed by atoms with E-state index in [4.69, 9.17) is 5.11 Å². The van der Waals surface area contributed by atoms with Crippen molar-refractivity contribution in [2.45, 2.75) is 41.7 Å². The molecule has 0 aliphatic heterocycles. The molecule has 1 unspecified atom stereocenters. The minimum Gasteiger partial charge on any atom is -0.481 e. The van der Waals surface area contributed by atoms with E-state index in [0.29, 0.717) is 11.3 Å². The summed E-state index contributed by atoms with van der Waals surface area (Å²) in [5.74, 6) is -0.684. The molecule has 6 heteroatoms. The van der Waals surface area contributed by atoms with Gasteiger partial charge in [-0.1, -0.05) is 13.8 Å². The first-order valence-electron chi connectivity index (χ1n) is 6.06. The molecule has 0 amide bonds. The summed E-state index contributed by atoms with van der Waals surface area (Å²) in [6, 6.07) is 6.62. The molecule has 0 fully saturated rings. The number of benzene rings is 1. The number of sulfone groups is 1. The van der Waals surface area contributed by atoms with Gasteiger partial charge in [0.1, 0.15) is 0 Å². The van der Waals surface area contributed by atoms with E-state index in [1.54, 1.807) is 24.3 Å². The van der Waals surface area contributed by atoms with Crippen molar-refractivity contribution in [3.63, 3.8) is 0 Å². The predicted molar refractivity (Wildman–Crippen MR) is 76.4 cm³/mol. The average molecular weight is 302 g/mol. The van der Waals surface area contributed by atoms with Crippen molar-refractivity contribution in [1.29, 1.82) is 0 Å². The zero-order valence-corrected chi connectivity index (χ0v) is 12.6. The summed E-state index contributed by atoms with van der Waals surface area (Å²) in [5, 5.41) is 8.63. The molecule has 0 radical (unpaired) electrons. The maximum Gasteiger partial charge on any atom is 0.304 e. The van der Waals surface area contributed by atoms with Gasteiger partial charge in [-0.15, -0.1) is 11.8 Å². The summed E-state index contributed by atoms with van der Waals surface area (Å²) in [4.78, 5) is 11.8. The molecule has 1 atom stereocenters. The normalized spacial score (nSPS) is 13.2. The molecule has 0 aliphatic carbocycles. The second-order valence-electron chi connectivity index (χ2n) is 4.32. The summed E-state index contributed by atoms with van der Waals surface area (Å²) in [6.07, 6.45) is 0.676. The molecule has 0 saturated carbocycles. The number of carbonyl (C=O) groups is 1. The van der Waals surface area contributed by atoms with E-state index in [-0.39, 0.29) is 17.4 Å². The molecular weight excluding hydrogens is 284 g/mol. The van der Waals surface area contributed by atoms with Crippen molar-refractivity contribution < 1.29 is 18.3 Å². The Morgan fingerprint density at radius 2 is 1.89 bits per heavy atom. The van der Waals surface area contributed by atoms with Crippen LogP contribution in [0.1, 0.15) is 26.7 Å². The van der Waals surface area contributed by atoms with Crippen LogP contribution < -0.4 is 0 Å². The zero-order chi connectivity index (χ0) is 14.5. The van der Waals surface area contributed by atoms with Crippen molar-refractivity contribution in [2.75, 3.05) is 5.75 Å². The van der Waals surface area contributed by atoms with Gasteiger partial charge in [0.05, 0.1) is 17.1 Å². The van der Waals surface area contributed by atoms with Gasteiger partial charge in [-0.2, -0.15) is 0 Å². The molecule has 1 aromatic carbocycles. The maximum absolute atomic E-state index is 11.8. The number of carboxylic acids is 1. The predicted octanol–water partition coefficient (Wildman–Crippen LogP) is 2.83. The van der Waals surface area contributed by atoms with E-state index in [9.17, 15) is 13.2 Å². The lowest BCUT2D eigenvalue weighted by Gasteiger charge is -2.09. The van der Waals surface area contributed by atoms with Crippen LogP contribution in [0.3, 0.4) is 0 Å². The molecule has 1 N–H and O–H groups in total. The van der Waals surface area contributed by atoms with Gasteiger partial charge >= 0.3 is 5.97 Å². The van der Waals surface area contributed by atoms with Gasteiger partial charge in [-0.25, -0.2) is 8.42 Å². The maximum atomic E-state index is 11.8. The topological polar surface area (TPSA) is 71.4 Å². The molecule has 4 nitrogen and oxygen atoms in total. The lowest BCUT2D eigenvalue weighted by Crippen LogP contribution is -2.06. The second-order valence-corrected chi connectivity index (χ2v) is 7.94. The van der Waals surface area contributed by atoms with Crippen LogP contribution in [0.4, 0.5) is 0 Å². The zero-order valence-electron chi connectivity index (χ0n) is 11.0. The molecule has 0 aromatic heterocycles. The number of carboxylic acid groups (broad SMARTS) is 1. The highest BCUT2D eigenvalue weighted by molar-refractivity contribution is 8.00. The van der Waals surface area contributed by atoms with Crippen LogP contribution in [-0.4, -0.2) is 30.5 Å². The Hall–Kier alpha value is -1.01. The van der Waals surface area contributed by atoms with Crippen molar-refractivity contribution in [3.8, 4) is 0 Å². The molecule has 19 heavy (non-hydrogen) atoms. The van der Waals surface area contributed by atoms with Crippen LogP contribution in [0.2, 0.25) is 0 Å². The van der Waals surface area contributed by atoms with Crippen LogP contribution in [0, 0.1) is 0 Å². The molecule has 0 bridgehead atoms. The van der Waals surface area contributed by atoms with Crippen LogP contribution in [0.15, 0.2) is 34.1 Å². The largest absolute Gasteiger partial charge is 0.481 e. The number of hydrogen-bond donors (Lipinski definition) is 1. The smallest absolute Gasteiger partial charge is 0.304 e. The fourth-order valence-corrected chi connectivity index (χ4v) is 3.94. The fourth-order valence-electron chi connectivity index (χ4n) is 1.63. The molecule has 0 spiro atoms. The summed E-state index contributed by atoms with van der Waals surface area (Å²) in [7, 11) is -3.18. The van der Waals surface area contributed by atoms with Crippen molar-refractivity contribution in [2.24, 2.45) is 0 Å². The van der Waals surface area contributed by atoms with Crippen LogP contribution in [-0.2, 0) is 14.6 Å². The highest BCUT2D eigenvalue weighted by atomic mass is 32.2. The fraction of sp³-hybridized carbons (Fsp3) is 0.462. The monoisotopic (exact) mass is 302 g/mol. The van der Waals surface area contributed by atoms with Gasteiger partial charge in [0.2, 0.25) is 0 Å². The highest BCUT2D eigenvalue weighted by Crippen LogP contribution is 2.26. The third kappa shape index (κ3) is 5.24. The summed E-state index contributed by atoms with van der Waals surface area (Å²) in [5.41, 5.74) is 0. The highest BCUT2D eigenvalue weighted by Gasteiger charge is 2.14. The van der Waals surface area contributed by atoms with Crippen LogP contribution in [0.25, 0.3) is 0 Å².